The maximum Gasteiger partial charge on any atom is 0.0409 e. The van der Waals surface area contributed by atoms with Gasteiger partial charge in [-0.2, -0.15) is 0 Å². The highest BCUT2D eigenvalue weighted by Gasteiger charge is 2.16. The molecule has 0 amide bonds. The van der Waals surface area contributed by atoms with Gasteiger partial charge in [0, 0.05) is 11.9 Å². The van der Waals surface area contributed by atoms with Gasteiger partial charge in [-0.15, -0.1) is 24.8 Å². The van der Waals surface area contributed by atoms with Gasteiger partial charge in [-0.05, 0) is 30.5 Å². The summed E-state index contributed by atoms with van der Waals surface area (Å²) in [5, 5.41) is 0. The number of hydrogen-bond acceptors (Lipinski definition) is 2. The van der Waals surface area contributed by atoms with Crippen molar-refractivity contribution in [3.63, 3.8) is 0 Å². The zero-order valence-electron chi connectivity index (χ0n) is 8.56. The lowest BCUT2D eigenvalue weighted by atomic mass is 9.88. The molecule has 0 bridgehead atoms. The summed E-state index contributed by atoms with van der Waals surface area (Å²) in [4.78, 5) is 4.26. The van der Waals surface area contributed by atoms with E-state index in [2.05, 4.69) is 18.8 Å². The quantitative estimate of drug-likeness (QED) is 0.876. The van der Waals surface area contributed by atoms with E-state index in [1.165, 1.54) is 0 Å². The van der Waals surface area contributed by atoms with Crippen LogP contribution in [-0.2, 0) is 6.42 Å². The van der Waals surface area contributed by atoms with Gasteiger partial charge in [0.25, 0.3) is 0 Å². The summed E-state index contributed by atoms with van der Waals surface area (Å²) >= 11 is 0. The van der Waals surface area contributed by atoms with Gasteiger partial charge < -0.3 is 5.73 Å². The molecule has 1 heterocycles. The molecule has 0 radical (unpaired) electrons. The Kier molecular flexibility index (Phi) is 8.12. The molecule has 0 aliphatic heterocycles. The third-order valence-electron chi connectivity index (χ3n) is 1.94. The number of pyridine rings is 1. The van der Waals surface area contributed by atoms with E-state index in [1.54, 1.807) is 0 Å². The first-order valence-electron chi connectivity index (χ1n) is 4.24. The molecule has 0 aromatic carbocycles. The molecule has 0 spiro atoms. The smallest absolute Gasteiger partial charge is 0.0409 e. The predicted molar refractivity (Wildman–Crippen MR) is 65.3 cm³/mol. The maximum absolute atomic E-state index is 5.63. The standard InChI is InChI=1S/C10H16N2.2ClH/c1-10(2,8-11)7-9-5-3-4-6-12-9;;/h3-6H,7-8,11H2,1-2H3;2*1H. The molecule has 1 aromatic rings. The number of nitrogens with two attached hydrogens (primary N) is 1. The Balaban J connectivity index is 0. The number of aromatic nitrogens is 1. The van der Waals surface area contributed by atoms with Crippen molar-refractivity contribution in [2.24, 2.45) is 11.1 Å². The van der Waals surface area contributed by atoms with Gasteiger partial charge >= 0.3 is 0 Å². The monoisotopic (exact) mass is 236 g/mol. The minimum atomic E-state index is 0. The van der Waals surface area contributed by atoms with E-state index in [4.69, 9.17) is 5.73 Å². The molecule has 0 saturated carbocycles. The molecular formula is C10H18Cl2N2. The fourth-order valence-electron chi connectivity index (χ4n) is 1.07. The second kappa shape index (κ2) is 7.04. The van der Waals surface area contributed by atoms with E-state index in [9.17, 15) is 0 Å². The van der Waals surface area contributed by atoms with Crippen molar-refractivity contribution in [3.8, 4) is 0 Å². The largest absolute Gasteiger partial charge is 0.330 e. The molecule has 0 unspecified atom stereocenters. The first kappa shape index (κ1) is 16.1. The van der Waals surface area contributed by atoms with Crippen LogP contribution in [0.4, 0.5) is 0 Å². The van der Waals surface area contributed by atoms with Crippen molar-refractivity contribution in [2.75, 3.05) is 6.54 Å². The van der Waals surface area contributed by atoms with Crippen LogP contribution in [0.25, 0.3) is 0 Å². The summed E-state index contributed by atoms with van der Waals surface area (Å²) < 4.78 is 0. The molecule has 0 aliphatic rings. The van der Waals surface area contributed by atoms with Crippen LogP contribution >= 0.6 is 24.8 Å². The van der Waals surface area contributed by atoms with Gasteiger partial charge in [0.15, 0.2) is 0 Å². The second-order valence-corrected chi connectivity index (χ2v) is 3.87. The molecule has 14 heavy (non-hydrogen) atoms. The van der Waals surface area contributed by atoms with E-state index in [-0.39, 0.29) is 30.2 Å². The Hall–Kier alpha value is -0.310. The van der Waals surface area contributed by atoms with Crippen LogP contribution in [-0.4, -0.2) is 11.5 Å². The van der Waals surface area contributed by atoms with Crippen LogP contribution in [0.15, 0.2) is 24.4 Å². The highest BCUT2D eigenvalue weighted by atomic mass is 35.5. The zero-order chi connectivity index (χ0) is 9.03. The van der Waals surface area contributed by atoms with Gasteiger partial charge in [-0.1, -0.05) is 19.9 Å². The van der Waals surface area contributed by atoms with Crippen molar-refractivity contribution >= 4 is 24.8 Å². The van der Waals surface area contributed by atoms with E-state index in [0.29, 0.717) is 6.54 Å². The molecule has 2 N–H and O–H groups in total. The molecule has 1 aromatic heterocycles. The third kappa shape index (κ3) is 5.43. The molecular weight excluding hydrogens is 219 g/mol. The zero-order valence-corrected chi connectivity index (χ0v) is 10.2. The lowest BCUT2D eigenvalue weighted by molar-refractivity contribution is 0.372. The van der Waals surface area contributed by atoms with Crippen molar-refractivity contribution in [1.82, 2.24) is 4.98 Å². The van der Waals surface area contributed by atoms with Crippen LogP contribution in [0.2, 0.25) is 0 Å². The van der Waals surface area contributed by atoms with Gasteiger partial charge in [0.2, 0.25) is 0 Å². The van der Waals surface area contributed by atoms with E-state index in [0.717, 1.165) is 12.1 Å². The fraction of sp³-hybridized carbons (Fsp3) is 0.500. The average molecular weight is 237 g/mol. The lowest BCUT2D eigenvalue weighted by Crippen LogP contribution is -2.26. The Morgan fingerprint density at radius 2 is 1.93 bits per heavy atom. The molecule has 0 atom stereocenters. The third-order valence-corrected chi connectivity index (χ3v) is 1.94. The molecule has 82 valence electrons. The van der Waals surface area contributed by atoms with Crippen LogP contribution in [0.1, 0.15) is 19.5 Å². The fourth-order valence-corrected chi connectivity index (χ4v) is 1.07. The molecule has 0 aliphatic carbocycles. The highest BCUT2D eigenvalue weighted by Crippen LogP contribution is 2.18. The molecule has 1 rings (SSSR count). The SMILES string of the molecule is CC(C)(CN)Cc1ccccn1.Cl.Cl. The highest BCUT2D eigenvalue weighted by molar-refractivity contribution is 5.85. The van der Waals surface area contributed by atoms with Gasteiger partial charge in [0.1, 0.15) is 0 Å². The minimum absolute atomic E-state index is 0. The molecule has 4 heteroatoms. The summed E-state index contributed by atoms with van der Waals surface area (Å²) in [5.41, 5.74) is 6.91. The summed E-state index contributed by atoms with van der Waals surface area (Å²) in [5.74, 6) is 0. The summed E-state index contributed by atoms with van der Waals surface area (Å²) in [7, 11) is 0. The van der Waals surface area contributed by atoms with Crippen LogP contribution in [0.5, 0.6) is 0 Å². The average Bonchev–Trinajstić information content (AvgIpc) is 2.06. The number of rotatable bonds is 3. The summed E-state index contributed by atoms with van der Waals surface area (Å²) in [6, 6.07) is 5.98. The first-order valence-corrected chi connectivity index (χ1v) is 4.24. The summed E-state index contributed by atoms with van der Waals surface area (Å²) in [6.45, 7) is 5.01. The number of halogens is 2. The van der Waals surface area contributed by atoms with Gasteiger partial charge in [-0.25, -0.2) is 0 Å². The minimum Gasteiger partial charge on any atom is -0.330 e. The maximum atomic E-state index is 5.63. The molecule has 2 nitrogen and oxygen atoms in total. The Morgan fingerprint density at radius 3 is 2.36 bits per heavy atom. The normalized spacial score (nSPS) is 9.93. The Morgan fingerprint density at radius 1 is 1.29 bits per heavy atom. The van der Waals surface area contributed by atoms with Gasteiger partial charge in [-0.3, -0.25) is 4.98 Å². The first-order chi connectivity index (χ1) is 5.64. The van der Waals surface area contributed by atoms with Gasteiger partial charge in [0.05, 0.1) is 0 Å². The van der Waals surface area contributed by atoms with E-state index in [1.807, 2.05) is 24.4 Å². The second-order valence-electron chi connectivity index (χ2n) is 3.87. The lowest BCUT2D eigenvalue weighted by Gasteiger charge is -2.21. The Bertz CT molecular complexity index is 237. The van der Waals surface area contributed by atoms with E-state index >= 15 is 0 Å². The van der Waals surface area contributed by atoms with E-state index < -0.39 is 0 Å². The molecule has 0 fully saturated rings. The predicted octanol–water partition coefficient (Wildman–Crippen LogP) is 2.45. The van der Waals surface area contributed by atoms with Crippen LogP contribution in [0, 0.1) is 5.41 Å². The van der Waals surface area contributed by atoms with Crippen molar-refractivity contribution in [1.29, 1.82) is 0 Å². The van der Waals surface area contributed by atoms with Crippen molar-refractivity contribution in [3.05, 3.63) is 30.1 Å². The van der Waals surface area contributed by atoms with Crippen LogP contribution < -0.4 is 5.73 Å². The van der Waals surface area contributed by atoms with Crippen LogP contribution in [0.3, 0.4) is 0 Å². The number of nitrogens with zero attached hydrogens (tertiary/aromatic N) is 1. The molecule has 0 saturated heterocycles. The Labute approximate surface area is 98.1 Å². The topological polar surface area (TPSA) is 38.9 Å². The summed E-state index contributed by atoms with van der Waals surface area (Å²) in [6.07, 6.45) is 2.77. The van der Waals surface area contributed by atoms with Crippen molar-refractivity contribution < 1.29 is 0 Å². The number of hydrogen-bond donors (Lipinski definition) is 1. The van der Waals surface area contributed by atoms with Crippen molar-refractivity contribution in [2.45, 2.75) is 20.3 Å².